The molecule has 0 radical (unpaired) electrons. The second-order valence-corrected chi connectivity index (χ2v) is 9.52. The molecule has 186 valence electrons. The molecule has 1 aliphatic rings. The lowest BCUT2D eigenvalue weighted by atomic mass is 9.88. The van der Waals surface area contributed by atoms with Crippen LogP contribution in [0.5, 0.6) is 11.5 Å². The summed E-state index contributed by atoms with van der Waals surface area (Å²) in [5, 5.41) is 6.80. The van der Waals surface area contributed by atoms with Crippen LogP contribution in [-0.4, -0.2) is 30.6 Å². The lowest BCUT2D eigenvalue weighted by molar-refractivity contribution is -0.136. The van der Waals surface area contributed by atoms with Gasteiger partial charge in [0, 0.05) is 4.88 Å². The van der Waals surface area contributed by atoms with E-state index in [1.54, 1.807) is 31.2 Å². The summed E-state index contributed by atoms with van der Waals surface area (Å²) in [6.07, 6.45) is 3.93. The lowest BCUT2D eigenvalue weighted by Crippen LogP contribution is -2.32. The third kappa shape index (κ3) is 6.17. The van der Waals surface area contributed by atoms with E-state index in [-0.39, 0.29) is 6.61 Å². The van der Waals surface area contributed by atoms with E-state index in [0.29, 0.717) is 33.5 Å². The van der Waals surface area contributed by atoms with E-state index >= 15 is 0 Å². The summed E-state index contributed by atoms with van der Waals surface area (Å²) in [7, 11) is 0. The van der Waals surface area contributed by atoms with Gasteiger partial charge in [0.05, 0.1) is 18.4 Å². The SMILES string of the molecule is CCOC(=O)c1c(NC(=O)C(=O)N/N=C/c2cccc(Oc3ccccc3)c2)sc2c1CCC(C)C2. The zero-order chi connectivity index (χ0) is 25.5. The molecular weight excluding hydrogens is 478 g/mol. The van der Waals surface area contributed by atoms with Crippen molar-refractivity contribution in [3.05, 3.63) is 76.2 Å². The topological polar surface area (TPSA) is 106 Å². The number of nitrogens with zero attached hydrogens (tertiary/aromatic N) is 1. The van der Waals surface area contributed by atoms with Gasteiger partial charge < -0.3 is 14.8 Å². The summed E-state index contributed by atoms with van der Waals surface area (Å²) in [4.78, 5) is 38.6. The van der Waals surface area contributed by atoms with Crippen molar-refractivity contribution in [2.45, 2.75) is 33.1 Å². The Hall–Kier alpha value is -3.98. The molecular formula is C27H27N3O5S. The Balaban J connectivity index is 1.40. The van der Waals surface area contributed by atoms with Crippen LogP contribution in [0.4, 0.5) is 5.00 Å². The van der Waals surface area contributed by atoms with E-state index in [9.17, 15) is 14.4 Å². The number of rotatable bonds is 7. The normalized spacial score (nSPS) is 14.7. The number of hydrogen-bond acceptors (Lipinski definition) is 7. The average molecular weight is 506 g/mol. The van der Waals surface area contributed by atoms with Crippen molar-refractivity contribution in [2.75, 3.05) is 11.9 Å². The fraction of sp³-hybridized carbons (Fsp3) is 0.259. The molecule has 0 bridgehead atoms. The summed E-state index contributed by atoms with van der Waals surface area (Å²) in [5.74, 6) is -0.553. The van der Waals surface area contributed by atoms with E-state index in [4.69, 9.17) is 9.47 Å². The minimum atomic E-state index is -0.947. The molecule has 1 aromatic heterocycles. The Kier molecular flexibility index (Phi) is 8.12. The van der Waals surface area contributed by atoms with Crippen LogP contribution in [0.15, 0.2) is 59.7 Å². The number of esters is 1. The van der Waals surface area contributed by atoms with Crippen LogP contribution < -0.4 is 15.5 Å². The number of hydrazone groups is 1. The number of anilines is 1. The van der Waals surface area contributed by atoms with Crippen LogP contribution in [0, 0.1) is 5.92 Å². The van der Waals surface area contributed by atoms with Crippen LogP contribution >= 0.6 is 11.3 Å². The number of benzene rings is 2. The van der Waals surface area contributed by atoms with Crippen molar-refractivity contribution < 1.29 is 23.9 Å². The molecule has 2 aromatic carbocycles. The standard InChI is InChI=1S/C27H27N3O5S/c1-3-34-27(33)23-21-13-12-17(2)14-22(21)36-26(23)29-24(31)25(32)30-28-16-18-8-7-11-20(15-18)35-19-9-5-4-6-10-19/h4-11,15-17H,3,12-14H2,1-2H3,(H,29,31)(H,30,32)/b28-16+. The summed E-state index contributed by atoms with van der Waals surface area (Å²) < 4.78 is 11.0. The average Bonchev–Trinajstić information content (AvgIpc) is 3.21. The summed E-state index contributed by atoms with van der Waals surface area (Å²) in [5.41, 5.74) is 4.16. The van der Waals surface area contributed by atoms with Crippen LogP contribution in [0.3, 0.4) is 0 Å². The lowest BCUT2D eigenvalue weighted by Gasteiger charge is -2.18. The summed E-state index contributed by atoms with van der Waals surface area (Å²) >= 11 is 1.32. The summed E-state index contributed by atoms with van der Waals surface area (Å²) in [6, 6.07) is 16.5. The Morgan fingerprint density at radius 1 is 1.08 bits per heavy atom. The van der Waals surface area contributed by atoms with Gasteiger partial charge >= 0.3 is 17.8 Å². The molecule has 0 saturated heterocycles. The molecule has 36 heavy (non-hydrogen) atoms. The van der Waals surface area contributed by atoms with Crippen molar-refractivity contribution >= 4 is 40.3 Å². The predicted octanol–water partition coefficient (Wildman–Crippen LogP) is 4.93. The van der Waals surface area contributed by atoms with Gasteiger partial charge in [-0.05, 0) is 67.5 Å². The molecule has 0 saturated carbocycles. The zero-order valence-corrected chi connectivity index (χ0v) is 20.9. The predicted molar refractivity (Wildman–Crippen MR) is 139 cm³/mol. The first-order chi connectivity index (χ1) is 17.4. The van der Waals surface area contributed by atoms with Crippen molar-refractivity contribution in [1.82, 2.24) is 5.43 Å². The van der Waals surface area contributed by atoms with Crippen molar-refractivity contribution in [3.8, 4) is 11.5 Å². The maximum Gasteiger partial charge on any atom is 0.341 e. The Morgan fingerprint density at radius 2 is 1.86 bits per heavy atom. The molecule has 1 aliphatic carbocycles. The van der Waals surface area contributed by atoms with Gasteiger partial charge in [-0.2, -0.15) is 5.10 Å². The molecule has 1 atom stereocenters. The number of carbonyl (C=O) groups is 3. The van der Waals surface area contributed by atoms with Gasteiger partial charge in [-0.1, -0.05) is 37.3 Å². The van der Waals surface area contributed by atoms with Crippen molar-refractivity contribution in [3.63, 3.8) is 0 Å². The van der Waals surface area contributed by atoms with E-state index < -0.39 is 17.8 Å². The molecule has 1 unspecified atom stereocenters. The van der Waals surface area contributed by atoms with Gasteiger partial charge in [-0.15, -0.1) is 11.3 Å². The van der Waals surface area contributed by atoms with Crippen LogP contribution in [0.1, 0.15) is 46.6 Å². The van der Waals surface area contributed by atoms with Gasteiger partial charge in [0.15, 0.2) is 0 Å². The second-order valence-electron chi connectivity index (χ2n) is 8.42. The summed E-state index contributed by atoms with van der Waals surface area (Å²) in [6.45, 7) is 4.10. The van der Waals surface area contributed by atoms with E-state index in [2.05, 4.69) is 22.8 Å². The second kappa shape index (κ2) is 11.6. The fourth-order valence-corrected chi connectivity index (χ4v) is 5.31. The number of thiophene rings is 1. The van der Waals surface area contributed by atoms with Gasteiger partial charge in [0.25, 0.3) is 0 Å². The molecule has 2 N–H and O–H groups in total. The van der Waals surface area contributed by atoms with Gasteiger partial charge in [-0.25, -0.2) is 10.2 Å². The first kappa shape index (κ1) is 25.1. The zero-order valence-electron chi connectivity index (χ0n) is 20.1. The molecule has 4 rings (SSSR count). The maximum atomic E-state index is 12.6. The van der Waals surface area contributed by atoms with Crippen molar-refractivity contribution in [1.29, 1.82) is 0 Å². The smallest absolute Gasteiger partial charge is 0.341 e. The molecule has 9 heteroatoms. The van der Waals surface area contributed by atoms with E-state index in [0.717, 1.165) is 29.7 Å². The van der Waals surface area contributed by atoms with E-state index in [1.807, 2.05) is 30.3 Å². The number of para-hydroxylation sites is 1. The van der Waals surface area contributed by atoms with Crippen LogP contribution in [-0.2, 0) is 27.2 Å². The molecule has 2 amide bonds. The van der Waals surface area contributed by atoms with Gasteiger partial charge in [-0.3, -0.25) is 9.59 Å². The number of nitrogens with one attached hydrogen (secondary N) is 2. The van der Waals surface area contributed by atoms with E-state index in [1.165, 1.54) is 17.6 Å². The number of amides is 2. The Morgan fingerprint density at radius 3 is 2.64 bits per heavy atom. The monoisotopic (exact) mass is 505 g/mol. The molecule has 0 fully saturated rings. The van der Waals surface area contributed by atoms with Gasteiger partial charge in [0.2, 0.25) is 0 Å². The van der Waals surface area contributed by atoms with Crippen LogP contribution in [0.2, 0.25) is 0 Å². The highest BCUT2D eigenvalue weighted by molar-refractivity contribution is 7.17. The highest BCUT2D eigenvalue weighted by Gasteiger charge is 2.30. The minimum Gasteiger partial charge on any atom is -0.462 e. The molecule has 3 aromatic rings. The highest BCUT2D eigenvalue weighted by Crippen LogP contribution is 2.40. The molecule has 1 heterocycles. The number of carbonyl (C=O) groups excluding carboxylic acids is 3. The molecule has 0 aliphatic heterocycles. The minimum absolute atomic E-state index is 0.222. The first-order valence-corrected chi connectivity index (χ1v) is 12.5. The number of hydrogen-bond donors (Lipinski definition) is 2. The maximum absolute atomic E-state index is 12.6. The van der Waals surface area contributed by atoms with Gasteiger partial charge in [0.1, 0.15) is 16.5 Å². The first-order valence-electron chi connectivity index (χ1n) is 11.7. The molecule has 0 spiro atoms. The third-order valence-corrected chi connectivity index (χ3v) is 6.81. The largest absolute Gasteiger partial charge is 0.462 e. The molecule has 8 nitrogen and oxygen atoms in total. The Bertz CT molecular complexity index is 1290. The quantitative estimate of drug-likeness (QED) is 0.205. The Labute approximate surface area is 213 Å². The number of fused-ring (bicyclic) bond motifs is 1. The number of ether oxygens (including phenoxy) is 2. The fourth-order valence-electron chi connectivity index (χ4n) is 3.92. The van der Waals surface area contributed by atoms with Crippen LogP contribution in [0.25, 0.3) is 0 Å². The third-order valence-electron chi connectivity index (χ3n) is 5.64. The highest BCUT2D eigenvalue weighted by atomic mass is 32.1. The van der Waals surface area contributed by atoms with Crippen molar-refractivity contribution in [2.24, 2.45) is 11.0 Å².